The standard InChI is InChI=1S/C20H24N2O4S/c1-15-7-9-18(10-8-15)22(27(2,24)25)13-20(23)21-12-16-11-17-5-3-4-6-19(17)26-14-16/h3-10,16H,11-14H2,1-2H3,(H,21,23)/t16-/m0/s1. The minimum atomic E-state index is -3.56. The maximum atomic E-state index is 12.4. The largest absolute Gasteiger partial charge is 0.493 e. The van der Waals surface area contributed by atoms with Crippen molar-refractivity contribution in [1.29, 1.82) is 0 Å². The average molecular weight is 388 g/mol. The number of benzene rings is 2. The van der Waals surface area contributed by atoms with Gasteiger partial charge in [-0.1, -0.05) is 35.9 Å². The summed E-state index contributed by atoms with van der Waals surface area (Å²) >= 11 is 0. The zero-order valence-corrected chi connectivity index (χ0v) is 16.3. The third-order valence-corrected chi connectivity index (χ3v) is 5.69. The number of carbonyl (C=O) groups excluding carboxylic acids is 1. The normalized spacial score (nSPS) is 16.1. The fourth-order valence-electron chi connectivity index (χ4n) is 3.08. The number of fused-ring (bicyclic) bond motifs is 1. The van der Waals surface area contributed by atoms with Crippen LogP contribution in [0, 0.1) is 12.8 Å². The van der Waals surface area contributed by atoms with Crippen molar-refractivity contribution in [2.75, 3.05) is 30.3 Å². The molecule has 1 atom stereocenters. The van der Waals surface area contributed by atoms with Crippen LogP contribution in [0.2, 0.25) is 0 Å². The molecule has 1 aliphatic heterocycles. The lowest BCUT2D eigenvalue weighted by Gasteiger charge is -2.26. The van der Waals surface area contributed by atoms with Crippen molar-refractivity contribution in [2.45, 2.75) is 13.3 Å². The second kappa shape index (κ2) is 8.00. The highest BCUT2D eigenvalue weighted by Gasteiger charge is 2.23. The molecule has 1 aliphatic rings. The fraction of sp³-hybridized carbons (Fsp3) is 0.350. The van der Waals surface area contributed by atoms with Gasteiger partial charge in [-0.25, -0.2) is 8.42 Å². The van der Waals surface area contributed by atoms with Gasteiger partial charge < -0.3 is 10.1 Å². The average Bonchev–Trinajstić information content (AvgIpc) is 2.64. The molecule has 2 aromatic carbocycles. The number of hydrogen-bond donors (Lipinski definition) is 1. The first kappa shape index (κ1) is 19.2. The first-order valence-electron chi connectivity index (χ1n) is 8.85. The van der Waals surface area contributed by atoms with Crippen molar-refractivity contribution in [3.05, 3.63) is 59.7 Å². The van der Waals surface area contributed by atoms with Gasteiger partial charge in [0.05, 0.1) is 18.6 Å². The van der Waals surface area contributed by atoms with Gasteiger partial charge in [0.1, 0.15) is 12.3 Å². The monoisotopic (exact) mass is 388 g/mol. The second-order valence-electron chi connectivity index (χ2n) is 6.90. The van der Waals surface area contributed by atoms with E-state index in [1.807, 2.05) is 43.3 Å². The molecule has 0 radical (unpaired) electrons. The van der Waals surface area contributed by atoms with Crippen molar-refractivity contribution >= 4 is 21.6 Å². The van der Waals surface area contributed by atoms with Gasteiger partial charge in [-0.15, -0.1) is 0 Å². The highest BCUT2D eigenvalue weighted by atomic mass is 32.2. The lowest BCUT2D eigenvalue weighted by Crippen LogP contribution is -2.43. The first-order chi connectivity index (χ1) is 12.8. The van der Waals surface area contributed by atoms with E-state index in [1.165, 1.54) is 0 Å². The first-order valence-corrected chi connectivity index (χ1v) is 10.7. The Morgan fingerprint density at radius 3 is 2.59 bits per heavy atom. The lowest BCUT2D eigenvalue weighted by molar-refractivity contribution is -0.119. The smallest absolute Gasteiger partial charge is 0.240 e. The van der Waals surface area contributed by atoms with E-state index in [-0.39, 0.29) is 18.4 Å². The van der Waals surface area contributed by atoms with E-state index in [1.54, 1.807) is 12.1 Å². The van der Waals surface area contributed by atoms with Crippen LogP contribution in [0.15, 0.2) is 48.5 Å². The predicted octanol–water partition coefficient (Wildman–Crippen LogP) is 2.13. The molecule has 1 heterocycles. The van der Waals surface area contributed by atoms with Crippen molar-refractivity contribution < 1.29 is 17.9 Å². The minimum Gasteiger partial charge on any atom is -0.493 e. The maximum Gasteiger partial charge on any atom is 0.240 e. The number of nitrogens with one attached hydrogen (secondary N) is 1. The van der Waals surface area contributed by atoms with E-state index in [9.17, 15) is 13.2 Å². The van der Waals surface area contributed by atoms with E-state index in [0.29, 0.717) is 18.8 Å². The van der Waals surface area contributed by atoms with Crippen LogP contribution in [0.3, 0.4) is 0 Å². The second-order valence-corrected chi connectivity index (χ2v) is 8.80. The number of hydrogen-bond acceptors (Lipinski definition) is 4. The fourth-order valence-corrected chi connectivity index (χ4v) is 3.93. The van der Waals surface area contributed by atoms with Gasteiger partial charge in [-0.3, -0.25) is 9.10 Å². The van der Waals surface area contributed by atoms with Crippen LogP contribution < -0.4 is 14.4 Å². The lowest BCUT2D eigenvalue weighted by atomic mass is 9.97. The molecule has 3 rings (SSSR count). The Kier molecular flexibility index (Phi) is 5.70. The molecule has 27 heavy (non-hydrogen) atoms. The van der Waals surface area contributed by atoms with Gasteiger partial charge in [0, 0.05) is 12.5 Å². The molecule has 7 heteroatoms. The van der Waals surface area contributed by atoms with E-state index >= 15 is 0 Å². The van der Waals surface area contributed by atoms with Crippen LogP contribution in [0.1, 0.15) is 11.1 Å². The summed E-state index contributed by atoms with van der Waals surface area (Å²) in [4.78, 5) is 12.4. The topological polar surface area (TPSA) is 75.7 Å². The SMILES string of the molecule is Cc1ccc(N(CC(=O)NC[C@H]2COc3ccccc3C2)S(C)(=O)=O)cc1. The summed E-state index contributed by atoms with van der Waals surface area (Å²) in [5, 5.41) is 2.84. The molecule has 0 aromatic heterocycles. The molecule has 0 spiro atoms. The number of nitrogens with zero attached hydrogens (tertiary/aromatic N) is 1. The Morgan fingerprint density at radius 1 is 1.19 bits per heavy atom. The number of ether oxygens (including phenoxy) is 1. The minimum absolute atomic E-state index is 0.162. The van der Waals surface area contributed by atoms with E-state index in [2.05, 4.69) is 5.32 Å². The molecule has 0 aliphatic carbocycles. The van der Waals surface area contributed by atoms with E-state index < -0.39 is 10.0 Å². The molecule has 6 nitrogen and oxygen atoms in total. The highest BCUT2D eigenvalue weighted by Crippen LogP contribution is 2.26. The summed E-state index contributed by atoms with van der Waals surface area (Å²) in [7, 11) is -3.56. The summed E-state index contributed by atoms with van der Waals surface area (Å²) in [6.07, 6.45) is 1.93. The zero-order valence-electron chi connectivity index (χ0n) is 15.5. The molecule has 0 saturated heterocycles. The van der Waals surface area contributed by atoms with Gasteiger partial charge >= 0.3 is 0 Å². The van der Waals surface area contributed by atoms with Gasteiger partial charge in [0.25, 0.3) is 0 Å². The zero-order chi connectivity index (χ0) is 19.4. The summed E-state index contributed by atoms with van der Waals surface area (Å²) in [6, 6.07) is 14.9. The van der Waals surface area contributed by atoms with Crippen LogP contribution in [0.25, 0.3) is 0 Å². The number of amides is 1. The van der Waals surface area contributed by atoms with Gasteiger partial charge in [-0.2, -0.15) is 0 Å². The third-order valence-electron chi connectivity index (χ3n) is 4.55. The van der Waals surface area contributed by atoms with Crippen molar-refractivity contribution in [2.24, 2.45) is 5.92 Å². The van der Waals surface area contributed by atoms with Crippen LogP contribution >= 0.6 is 0 Å². The predicted molar refractivity (Wildman–Crippen MR) is 106 cm³/mol. The molecule has 2 aromatic rings. The van der Waals surface area contributed by atoms with Crippen LogP contribution in [-0.2, 0) is 21.2 Å². The van der Waals surface area contributed by atoms with Gasteiger partial charge in [0.2, 0.25) is 15.9 Å². The van der Waals surface area contributed by atoms with E-state index in [0.717, 1.165) is 33.9 Å². The van der Waals surface area contributed by atoms with Crippen LogP contribution in [-0.4, -0.2) is 40.3 Å². The third kappa shape index (κ3) is 5.01. The summed E-state index contributed by atoms with van der Waals surface area (Å²) in [5.41, 5.74) is 2.63. The van der Waals surface area contributed by atoms with Crippen molar-refractivity contribution in [1.82, 2.24) is 5.32 Å². The number of para-hydroxylation sites is 1. The molecule has 0 saturated carbocycles. The Hall–Kier alpha value is -2.54. The molecule has 1 N–H and O–H groups in total. The number of carbonyl (C=O) groups is 1. The summed E-state index contributed by atoms with van der Waals surface area (Å²) in [5.74, 6) is 0.720. The van der Waals surface area contributed by atoms with Crippen LogP contribution in [0.5, 0.6) is 5.75 Å². The van der Waals surface area contributed by atoms with Crippen LogP contribution in [0.4, 0.5) is 5.69 Å². The van der Waals surface area contributed by atoms with Gasteiger partial charge in [0.15, 0.2) is 0 Å². The maximum absolute atomic E-state index is 12.4. The molecular weight excluding hydrogens is 364 g/mol. The highest BCUT2D eigenvalue weighted by molar-refractivity contribution is 7.92. The number of aryl methyl sites for hydroxylation is 1. The molecule has 144 valence electrons. The Labute approximate surface area is 160 Å². The molecule has 0 unspecified atom stereocenters. The van der Waals surface area contributed by atoms with E-state index in [4.69, 9.17) is 4.74 Å². The number of anilines is 1. The Bertz CT molecular complexity index is 910. The number of sulfonamides is 1. The molecule has 0 fully saturated rings. The quantitative estimate of drug-likeness (QED) is 0.823. The Morgan fingerprint density at radius 2 is 1.89 bits per heavy atom. The number of rotatable bonds is 6. The van der Waals surface area contributed by atoms with Crippen molar-refractivity contribution in [3.63, 3.8) is 0 Å². The van der Waals surface area contributed by atoms with Gasteiger partial charge in [-0.05, 0) is 37.1 Å². The molecular formula is C20H24N2O4S. The van der Waals surface area contributed by atoms with Crippen molar-refractivity contribution in [3.8, 4) is 5.75 Å². The summed E-state index contributed by atoms with van der Waals surface area (Å²) < 4.78 is 31.1. The molecule has 0 bridgehead atoms. The summed E-state index contributed by atoms with van der Waals surface area (Å²) in [6.45, 7) is 2.65. The molecule has 1 amide bonds. The Balaban J connectivity index is 1.59.